The summed E-state index contributed by atoms with van der Waals surface area (Å²) >= 11 is 0. The molecular weight excluding hydrogens is 338 g/mol. The molecular formula is C22H29N3O2. The molecule has 2 atom stereocenters. The summed E-state index contributed by atoms with van der Waals surface area (Å²) in [6, 6.07) is 8.75. The summed E-state index contributed by atoms with van der Waals surface area (Å²) in [4.78, 5) is 17.8. The topological polar surface area (TPSA) is 37.7 Å². The SMILES string of the molecule is Cn1ccc2cc(C(=O)N3CC[C@@]4(C[C@H](N5CCCC5)CCO4)C3)ccc21. The van der Waals surface area contributed by atoms with Crippen LogP contribution in [0, 0.1) is 0 Å². The molecule has 0 saturated carbocycles. The number of likely N-dealkylation sites (tertiary alicyclic amines) is 2. The minimum Gasteiger partial charge on any atom is -0.373 e. The van der Waals surface area contributed by atoms with E-state index < -0.39 is 0 Å². The normalized spacial score (nSPS) is 29.2. The Morgan fingerprint density at radius 3 is 2.89 bits per heavy atom. The smallest absolute Gasteiger partial charge is 0.253 e. The average molecular weight is 367 g/mol. The van der Waals surface area contributed by atoms with Gasteiger partial charge in [-0.05, 0) is 69.5 Å². The minimum absolute atomic E-state index is 0.127. The molecule has 1 amide bonds. The molecule has 0 radical (unpaired) electrons. The van der Waals surface area contributed by atoms with Gasteiger partial charge in [-0.2, -0.15) is 0 Å². The van der Waals surface area contributed by atoms with Gasteiger partial charge in [0, 0.05) is 48.9 Å². The van der Waals surface area contributed by atoms with Crippen molar-refractivity contribution in [3.05, 3.63) is 36.0 Å². The van der Waals surface area contributed by atoms with Crippen LogP contribution in [0.4, 0.5) is 0 Å². The van der Waals surface area contributed by atoms with Crippen molar-refractivity contribution >= 4 is 16.8 Å². The van der Waals surface area contributed by atoms with E-state index in [1.54, 1.807) is 0 Å². The lowest BCUT2D eigenvalue weighted by molar-refractivity contribution is -0.0946. The number of carbonyl (C=O) groups excluding carboxylic acids is 1. The zero-order valence-corrected chi connectivity index (χ0v) is 16.2. The lowest BCUT2D eigenvalue weighted by atomic mass is 9.89. The lowest BCUT2D eigenvalue weighted by Crippen LogP contribution is -2.49. The van der Waals surface area contributed by atoms with Crippen molar-refractivity contribution in [3.63, 3.8) is 0 Å². The maximum Gasteiger partial charge on any atom is 0.253 e. The number of ether oxygens (including phenoxy) is 1. The van der Waals surface area contributed by atoms with Crippen LogP contribution in [0.1, 0.15) is 42.5 Å². The van der Waals surface area contributed by atoms with E-state index in [2.05, 4.69) is 21.6 Å². The van der Waals surface area contributed by atoms with Gasteiger partial charge in [-0.1, -0.05) is 0 Å². The van der Waals surface area contributed by atoms with Crippen LogP contribution in [-0.4, -0.2) is 64.7 Å². The Morgan fingerprint density at radius 2 is 2.04 bits per heavy atom. The Bertz CT molecular complexity index is 854. The van der Waals surface area contributed by atoms with E-state index >= 15 is 0 Å². The number of aryl methyl sites for hydroxylation is 1. The maximum atomic E-state index is 13.1. The molecule has 5 nitrogen and oxygen atoms in total. The van der Waals surface area contributed by atoms with E-state index in [1.165, 1.54) is 25.9 Å². The van der Waals surface area contributed by atoms with Crippen LogP contribution in [0.25, 0.3) is 10.9 Å². The summed E-state index contributed by atoms with van der Waals surface area (Å²) in [6.45, 7) is 4.85. The molecule has 5 heteroatoms. The van der Waals surface area contributed by atoms with Gasteiger partial charge in [0.15, 0.2) is 0 Å². The minimum atomic E-state index is -0.127. The summed E-state index contributed by atoms with van der Waals surface area (Å²) in [7, 11) is 2.03. The Labute approximate surface area is 160 Å². The monoisotopic (exact) mass is 367 g/mol. The van der Waals surface area contributed by atoms with Gasteiger partial charge in [-0.25, -0.2) is 0 Å². The summed E-state index contributed by atoms with van der Waals surface area (Å²) in [6.07, 6.45) is 7.89. The molecule has 1 aromatic heterocycles. The van der Waals surface area contributed by atoms with Crippen LogP contribution in [-0.2, 0) is 11.8 Å². The third-order valence-corrected chi connectivity index (χ3v) is 6.86. The van der Waals surface area contributed by atoms with Gasteiger partial charge in [0.25, 0.3) is 5.91 Å². The number of hydrogen-bond acceptors (Lipinski definition) is 3. The number of nitrogens with zero attached hydrogens (tertiary/aromatic N) is 3. The number of amides is 1. The predicted octanol–water partition coefficient (Wildman–Crippen LogP) is 3.04. The van der Waals surface area contributed by atoms with Crippen molar-refractivity contribution in [2.24, 2.45) is 7.05 Å². The van der Waals surface area contributed by atoms with Crippen LogP contribution >= 0.6 is 0 Å². The first-order valence-corrected chi connectivity index (χ1v) is 10.4. The first-order chi connectivity index (χ1) is 13.1. The quantitative estimate of drug-likeness (QED) is 0.819. The number of hydrogen-bond donors (Lipinski definition) is 0. The number of rotatable bonds is 2. The zero-order chi connectivity index (χ0) is 18.4. The Hall–Kier alpha value is -1.85. The van der Waals surface area contributed by atoms with Crippen molar-refractivity contribution < 1.29 is 9.53 Å². The van der Waals surface area contributed by atoms with Gasteiger partial charge in [0.1, 0.15) is 0 Å². The molecule has 3 fully saturated rings. The summed E-state index contributed by atoms with van der Waals surface area (Å²) < 4.78 is 8.37. The molecule has 27 heavy (non-hydrogen) atoms. The van der Waals surface area contributed by atoms with E-state index in [4.69, 9.17) is 4.74 Å². The van der Waals surface area contributed by atoms with Gasteiger partial charge in [0.2, 0.25) is 0 Å². The van der Waals surface area contributed by atoms with Crippen molar-refractivity contribution in [2.45, 2.75) is 43.7 Å². The fourth-order valence-electron chi connectivity index (χ4n) is 5.32. The molecule has 0 N–H and O–H groups in total. The number of aromatic nitrogens is 1. The second-order valence-corrected chi connectivity index (χ2v) is 8.60. The van der Waals surface area contributed by atoms with E-state index in [9.17, 15) is 4.79 Å². The zero-order valence-electron chi connectivity index (χ0n) is 16.2. The number of benzene rings is 1. The van der Waals surface area contributed by atoms with Crippen LogP contribution in [0.3, 0.4) is 0 Å². The first kappa shape index (κ1) is 17.3. The van der Waals surface area contributed by atoms with Crippen molar-refractivity contribution in [2.75, 3.05) is 32.8 Å². The summed E-state index contributed by atoms with van der Waals surface area (Å²) in [5.41, 5.74) is 1.82. The predicted molar refractivity (Wildman–Crippen MR) is 106 cm³/mol. The van der Waals surface area contributed by atoms with Crippen molar-refractivity contribution in [1.82, 2.24) is 14.4 Å². The molecule has 0 unspecified atom stereocenters. The van der Waals surface area contributed by atoms with Crippen molar-refractivity contribution in [3.8, 4) is 0 Å². The van der Waals surface area contributed by atoms with Crippen LogP contribution in [0.2, 0.25) is 0 Å². The molecule has 3 aliphatic rings. The van der Waals surface area contributed by atoms with Crippen LogP contribution in [0.15, 0.2) is 30.5 Å². The molecule has 2 aromatic rings. The fourth-order valence-corrected chi connectivity index (χ4v) is 5.32. The van der Waals surface area contributed by atoms with Crippen molar-refractivity contribution in [1.29, 1.82) is 0 Å². The Morgan fingerprint density at radius 1 is 1.19 bits per heavy atom. The molecule has 4 heterocycles. The van der Waals surface area contributed by atoms with Gasteiger partial charge < -0.3 is 19.1 Å². The fraction of sp³-hybridized carbons (Fsp3) is 0.591. The van der Waals surface area contributed by atoms with Gasteiger partial charge in [-0.15, -0.1) is 0 Å². The van der Waals surface area contributed by atoms with Gasteiger partial charge >= 0.3 is 0 Å². The molecule has 3 aliphatic heterocycles. The lowest BCUT2D eigenvalue weighted by Gasteiger charge is -2.41. The summed E-state index contributed by atoms with van der Waals surface area (Å²) in [5, 5.41) is 1.13. The second kappa shape index (κ2) is 6.64. The molecule has 0 aliphatic carbocycles. The number of carbonyl (C=O) groups is 1. The highest BCUT2D eigenvalue weighted by atomic mass is 16.5. The van der Waals surface area contributed by atoms with E-state index in [0.29, 0.717) is 6.04 Å². The van der Waals surface area contributed by atoms with E-state index in [0.717, 1.165) is 55.4 Å². The first-order valence-electron chi connectivity index (χ1n) is 10.4. The molecule has 1 spiro atoms. The third kappa shape index (κ3) is 3.07. The highest BCUT2D eigenvalue weighted by Gasteiger charge is 2.46. The Kier molecular flexibility index (Phi) is 4.25. The van der Waals surface area contributed by atoms with E-state index in [-0.39, 0.29) is 11.5 Å². The summed E-state index contributed by atoms with van der Waals surface area (Å²) in [5.74, 6) is 0.143. The van der Waals surface area contributed by atoms with Gasteiger partial charge in [-0.3, -0.25) is 4.79 Å². The highest BCUT2D eigenvalue weighted by molar-refractivity contribution is 5.98. The third-order valence-electron chi connectivity index (χ3n) is 6.86. The molecule has 144 valence electrons. The van der Waals surface area contributed by atoms with Crippen LogP contribution in [0.5, 0.6) is 0 Å². The maximum absolute atomic E-state index is 13.1. The van der Waals surface area contributed by atoms with E-state index in [1.807, 2.05) is 30.3 Å². The molecule has 0 bridgehead atoms. The molecule has 3 saturated heterocycles. The highest BCUT2D eigenvalue weighted by Crippen LogP contribution is 2.37. The number of fused-ring (bicyclic) bond motifs is 1. The largest absolute Gasteiger partial charge is 0.373 e. The molecule has 1 aromatic carbocycles. The standard InChI is InChI=1S/C22H29N3O2/c1-23-11-6-17-14-18(4-5-20(17)23)21(26)25-12-8-22(16-25)15-19(7-13-27-22)24-9-2-3-10-24/h4-6,11,14,19H,2-3,7-10,12-13,15-16H2,1H3/t19-,22-/m1/s1. The van der Waals surface area contributed by atoms with Gasteiger partial charge in [0.05, 0.1) is 12.1 Å². The molecule has 5 rings (SSSR count). The van der Waals surface area contributed by atoms with Crippen LogP contribution < -0.4 is 0 Å². The average Bonchev–Trinajstić information content (AvgIpc) is 3.42. The Balaban J connectivity index is 1.31. The second-order valence-electron chi connectivity index (χ2n) is 8.60.